The van der Waals surface area contributed by atoms with Gasteiger partial charge in [-0.2, -0.15) is 0 Å². The Morgan fingerprint density at radius 1 is 0.818 bits per heavy atom. The Balaban J connectivity index is 3.07. The Morgan fingerprint density at radius 2 is 1.18 bits per heavy atom. The molecule has 0 saturated heterocycles. The van der Waals surface area contributed by atoms with Gasteiger partial charge in [-0.1, -0.05) is 20.8 Å². The van der Waals surface area contributed by atoms with E-state index in [0.717, 1.165) is 27.9 Å². The molecule has 0 N–H and O–H groups in total. The number of rotatable bonds is 3. The van der Waals surface area contributed by atoms with Gasteiger partial charge < -0.3 is 4.74 Å². The van der Waals surface area contributed by atoms with Gasteiger partial charge in [0.05, 0.1) is 5.41 Å². The molecule has 1 aromatic carbocycles. The highest BCUT2D eigenvalue weighted by atomic mass is 79.9. The molecular formula is C15H17Br5O2. The minimum absolute atomic E-state index is 0.181. The third-order valence-electron chi connectivity index (χ3n) is 4.03. The predicted molar refractivity (Wildman–Crippen MR) is 108 cm³/mol. The molecule has 0 aliphatic carbocycles. The molecule has 0 aromatic heterocycles. The zero-order valence-electron chi connectivity index (χ0n) is 12.9. The summed E-state index contributed by atoms with van der Waals surface area (Å²) in [4.78, 5) is 12.5. The molecule has 2 nitrogen and oxygen atoms in total. The van der Waals surface area contributed by atoms with Crippen LogP contribution in [0.15, 0.2) is 22.4 Å². The highest BCUT2D eigenvalue weighted by molar-refractivity contribution is 9.15. The Morgan fingerprint density at radius 3 is 1.55 bits per heavy atom. The smallest absolute Gasteiger partial charge is 0.312 e. The quantitative estimate of drug-likeness (QED) is 0.196. The first-order chi connectivity index (χ1) is 9.82. The zero-order chi connectivity index (χ0) is 17.5. The summed E-state index contributed by atoms with van der Waals surface area (Å²) in [6.07, 6.45) is 0. The molecule has 0 aliphatic heterocycles. The van der Waals surface area contributed by atoms with Gasteiger partial charge in [0.2, 0.25) is 0 Å². The van der Waals surface area contributed by atoms with E-state index in [0.29, 0.717) is 0 Å². The molecule has 0 atom stereocenters. The van der Waals surface area contributed by atoms with Gasteiger partial charge in [-0.25, -0.2) is 0 Å². The molecule has 1 aromatic rings. The van der Waals surface area contributed by atoms with Crippen LogP contribution >= 0.6 is 79.6 Å². The lowest BCUT2D eigenvalue weighted by Gasteiger charge is -2.36. The van der Waals surface area contributed by atoms with Crippen molar-refractivity contribution in [3.05, 3.63) is 27.9 Å². The minimum Gasteiger partial charge on any atom is -0.460 e. The maximum absolute atomic E-state index is 12.5. The van der Waals surface area contributed by atoms with E-state index in [4.69, 9.17) is 4.74 Å². The highest BCUT2D eigenvalue weighted by Gasteiger charge is 2.41. The molecule has 124 valence electrons. The lowest BCUT2D eigenvalue weighted by Crippen LogP contribution is -2.38. The number of esters is 1. The van der Waals surface area contributed by atoms with Crippen molar-refractivity contribution in [3.8, 4) is 0 Å². The van der Waals surface area contributed by atoms with E-state index in [-0.39, 0.29) is 18.0 Å². The number of carbonyl (C=O) groups excluding carboxylic acids is 1. The topological polar surface area (TPSA) is 26.3 Å². The van der Waals surface area contributed by atoms with Gasteiger partial charge in [-0.3, -0.25) is 4.79 Å². The molecule has 0 heterocycles. The van der Waals surface area contributed by atoms with Gasteiger partial charge in [0.1, 0.15) is 6.61 Å². The van der Waals surface area contributed by atoms with Gasteiger partial charge in [0.15, 0.2) is 0 Å². The molecule has 0 radical (unpaired) electrons. The summed E-state index contributed by atoms with van der Waals surface area (Å²) >= 11 is 17.6. The van der Waals surface area contributed by atoms with Crippen molar-refractivity contribution in [2.24, 2.45) is 10.8 Å². The molecule has 0 aliphatic rings. The number of benzene rings is 1. The van der Waals surface area contributed by atoms with Gasteiger partial charge >= 0.3 is 5.97 Å². The molecule has 0 bridgehead atoms. The average molecular weight is 629 g/mol. The second-order valence-electron chi connectivity index (χ2n) is 6.50. The van der Waals surface area contributed by atoms with E-state index < -0.39 is 5.41 Å². The molecule has 0 unspecified atom stereocenters. The summed E-state index contributed by atoms with van der Waals surface area (Å²) in [6.45, 7) is 10.1. The third kappa shape index (κ3) is 4.19. The number of ether oxygens (including phenoxy) is 1. The highest BCUT2D eigenvalue weighted by Crippen LogP contribution is 2.45. The van der Waals surface area contributed by atoms with E-state index in [1.165, 1.54) is 0 Å². The summed E-state index contributed by atoms with van der Waals surface area (Å²) < 4.78 is 9.88. The lowest BCUT2D eigenvalue weighted by molar-refractivity contribution is -0.161. The first-order valence-electron chi connectivity index (χ1n) is 6.50. The summed E-state index contributed by atoms with van der Waals surface area (Å²) in [5.74, 6) is -0.214. The fourth-order valence-corrected chi connectivity index (χ4v) is 4.76. The van der Waals surface area contributed by atoms with E-state index in [9.17, 15) is 4.79 Å². The van der Waals surface area contributed by atoms with Crippen LogP contribution < -0.4 is 0 Å². The second-order valence-corrected chi connectivity index (χ2v) is 10.5. The average Bonchev–Trinajstić information content (AvgIpc) is 2.41. The van der Waals surface area contributed by atoms with Crippen LogP contribution in [0.25, 0.3) is 0 Å². The van der Waals surface area contributed by atoms with Crippen molar-refractivity contribution < 1.29 is 9.53 Å². The zero-order valence-corrected chi connectivity index (χ0v) is 20.8. The maximum Gasteiger partial charge on any atom is 0.312 e. The van der Waals surface area contributed by atoms with Gasteiger partial charge in [0, 0.05) is 27.9 Å². The van der Waals surface area contributed by atoms with Crippen LogP contribution in [0.3, 0.4) is 0 Å². The van der Waals surface area contributed by atoms with Crippen molar-refractivity contribution in [1.82, 2.24) is 0 Å². The van der Waals surface area contributed by atoms with Gasteiger partial charge in [-0.15, -0.1) is 0 Å². The van der Waals surface area contributed by atoms with Crippen LogP contribution in [-0.2, 0) is 16.1 Å². The Labute approximate surface area is 173 Å². The summed E-state index contributed by atoms with van der Waals surface area (Å²) in [5, 5.41) is 0. The van der Waals surface area contributed by atoms with E-state index in [2.05, 4.69) is 79.6 Å². The fourth-order valence-electron chi connectivity index (χ4n) is 1.40. The van der Waals surface area contributed by atoms with E-state index in [1.807, 2.05) is 34.6 Å². The largest absolute Gasteiger partial charge is 0.460 e. The minimum atomic E-state index is -0.574. The Bertz CT molecular complexity index is 574. The maximum atomic E-state index is 12.5. The number of halogens is 5. The molecule has 7 heteroatoms. The standard InChI is InChI=1S/C15H17Br5O2/c1-14(2,3)15(4,5)13(21)22-6-7-8(16)10(18)12(20)11(19)9(7)17/h6H2,1-5H3. The third-order valence-corrected chi connectivity index (χ3v) is 10.3. The van der Waals surface area contributed by atoms with Gasteiger partial charge in [-0.05, 0) is 98.9 Å². The van der Waals surface area contributed by atoms with Crippen molar-refractivity contribution >= 4 is 85.6 Å². The molecule has 0 saturated carbocycles. The SMILES string of the molecule is CC(C)(C)C(C)(C)C(=O)OCc1c(Br)c(Br)c(Br)c(Br)c1Br. The van der Waals surface area contributed by atoms with Crippen LogP contribution in [0.4, 0.5) is 0 Å². The number of carbonyl (C=O) groups is 1. The van der Waals surface area contributed by atoms with E-state index in [1.54, 1.807) is 0 Å². The van der Waals surface area contributed by atoms with E-state index >= 15 is 0 Å². The summed E-state index contributed by atoms with van der Waals surface area (Å²) in [5.41, 5.74) is 0.106. The Kier molecular flexibility index (Phi) is 7.25. The summed E-state index contributed by atoms with van der Waals surface area (Å²) in [7, 11) is 0. The molecule has 0 spiro atoms. The van der Waals surface area contributed by atoms with Crippen LogP contribution in [0, 0.1) is 10.8 Å². The van der Waals surface area contributed by atoms with Crippen LogP contribution in [0.1, 0.15) is 40.2 Å². The molecule has 0 fully saturated rings. The number of hydrogen-bond donors (Lipinski definition) is 0. The molecule has 22 heavy (non-hydrogen) atoms. The van der Waals surface area contributed by atoms with Gasteiger partial charge in [0.25, 0.3) is 0 Å². The summed E-state index contributed by atoms with van der Waals surface area (Å²) in [6, 6.07) is 0. The number of hydrogen-bond acceptors (Lipinski definition) is 2. The normalized spacial score (nSPS) is 12.5. The monoisotopic (exact) mass is 624 g/mol. The second kappa shape index (κ2) is 7.54. The van der Waals surface area contributed by atoms with Crippen LogP contribution in [-0.4, -0.2) is 5.97 Å². The lowest BCUT2D eigenvalue weighted by atomic mass is 9.69. The van der Waals surface area contributed by atoms with Crippen molar-refractivity contribution in [1.29, 1.82) is 0 Å². The van der Waals surface area contributed by atoms with Crippen molar-refractivity contribution in [2.75, 3.05) is 0 Å². The van der Waals surface area contributed by atoms with Crippen LogP contribution in [0.5, 0.6) is 0 Å². The predicted octanol–water partition coefficient (Wildman–Crippen LogP) is 7.61. The van der Waals surface area contributed by atoms with Crippen LogP contribution in [0.2, 0.25) is 0 Å². The fraction of sp³-hybridized carbons (Fsp3) is 0.533. The molecule has 1 rings (SSSR count). The van der Waals surface area contributed by atoms with Crippen molar-refractivity contribution in [2.45, 2.75) is 41.2 Å². The first kappa shape index (κ1) is 21.1. The first-order valence-corrected chi connectivity index (χ1v) is 10.5. The Hall–Kier alpha value is 1.09. The molecule has 0 amide bonds. The molecular weight excluding hydrogens is 612 g/mol. The van der Waals surface area contributed by atoms with Crippen molar-refractivity contribution in [3.63, 3.8) is 0 Å².